The van der Waals surface area contributed by atoms with Crippen LogP contribution in [-0.2, 0) is 0 Å². The van der Waals surface area contributed by atoms with E-state index in [0.29, 0.717) is 29.0 Å². The van der Waals surface area contributed by atoms with Gasteiger partial charge < -0.3 is 4.42 Å². The molecule has 2 heterocycles. The predicted molar refractivity (Wildman–Crippen MR) is 62.6 cm³/mol. The summed E-state index contributed by atoms with van der Waals surface area (Å²) in [4.78, 5) is 18.8. The lowest BCUT2D eigenvalue weighted by atomic mass is 10.2. The molecule has 0 atom stereocenters. The fraction of sp³-hybridized carbons (Fsp3) is 0. The Kier molecular flexibility index (Phi) is 2.37. The minimum atomic E-state index is -0.323. The molecule has 0 amide bonds. The van der Waals surface area contributed by atoms with E-state index in [9.17, 15) is 9.18 Å². The second-order valence-electron chi connectivity index (χ2n) is 3.70. The number of benzene rings is 1. The third-order valence-corrected chi connectivity index (χ3v) is 2.49. The van der Waals surface area contributed by atoms with Crippen LogP contribution >= 0.6 is 0 Å². The Bertz CT molecular complexity index is 719. The van der Waals surface area contributed by atoms with E-state index in [1.54, 1.807) is 24.3 Å². The first-order valence-corrected chi connectivity index (χ1v) is 5.25. The lowest BCUT2D eigenvalue weighted by Gasteiger charge is -1.93. The fourth-order valence-electron chi connectivity index (χ4n) is 1.61. The lowest BCUT2D eigenvalue weighted by molar-refractivity contribution is 0.111. The van der Waals surface area contributed by atoms with Crippen LogP contribution in [0.4, 0.5) is 4.39 Å². The Morgan fingerprint density at radius 1 is 1.06 bits per heavy atom. The molecule has 2 aromatic heterocycles. The van der Waals surface area contributed by atoms with E-state index in [4.69, 9.17) is 4.42 Å². The van der Waals surface area contributed by atoms with Crippen LogP contribution in [0, 0.1) is 5.82 Å². The van der Waals surface area contributed by atoms with Gasteiger partial charge in [0.15, 0.2) is 6.29 Å². The van der Waals surface area contributed by atoms with Gasteiger partial charge in [0.2, 0.25) is 11.6 Å². The summed E-state index contributed by atoms with van der Waals surface area (Å²) in [5, 5.41) is 0. The first-order valence-electron chi connectivity index (χ1n) is 5.25. The van der Waals surface area contributed by atoms with Gasteiger partial charge >= 0.3 is 0 Å². The Morgan fingerprint density at radius 3 is 2.56 bits per heavy atom. The summed E-state index contributed by atoms with van der Waals surface area (Å²) < 4.78 is 18.2. The monoisotopic (exact) mass is 242 g/mol. The molecule has 18 heavy (non-hydrogen) atoms. The molecule has 0 fully saturated rings. The van der Waals surface area contributed by atoms with E-state index in [2.05, 4.69) is 9.97 Å². The van der Waals surface area contributed by atoms with Crippen molar-refractivity contribution < 1.29 is 13.6 Å². The Morgan fingerprint density at radius 2 is 1.83 bits per heavy atom. The third-order valence-electron chi connectivity index (χ3n) is 2.49. The number of halogens is 1. The zero-order chi connectivity index (χ0) is 12.5. The maximum absolute atomic E-state index is 12.8. The molecule has 0 N–H and O–H groups in total. The Labute approximate surface area is 101 Å². The van der Waals surface area contributed by atoms with Crippen molar-refractivity contribution in [3.8, 4) is 11.5 Å². The largest absolute Gasteiger partial charge is 0.418 e. The average molecular weight is 242 g/mol. The van der Waals surface area contributed by atoms with Gasteiger partial charge in [0, 0.05) is 5.56 Å². The summed E-state index contributed by atoms with van der Waals surface area (Å²) >= 11 is 0. The molecule has 5 heteroatoms. The predicted octanol–water partition coefficient (Wildman–Crippen LogP) is 2.84. The quantitative estimate of drug-likeness (QED) is 0.648. The molecule has 0 radical (unpaired) electrons. The van der Waals surface area contributed by atoms with Crippen LogP contribution in [-0.4, -0.2) is 16.3 Å². The first kappa shape index (κ1) is 10.6. The normalized spacial score (nSPS) is 10.7. The van der Waals surface area contributed by atoms with Crippen molar-refractivity contribution in [1.82, 2.24) is 9.97 Å². The van der Waals surface area contributed by atoms with Gasteiger partial charge in [0.1, 0.15) is 17.0 Å². The van der Waals surface area contributed by atoms with Crippen molar-refractivity contribution in [2.24, 2.45) is 0 Å². The number of fused-ring (bicyclic) bond motifs is 1. The molecule has 0 bridgehead atoms. The van der Waals surface area contributed by atoms with Gasteiger partial charge in [-0.15, -0.1) is 0 Å². The summed E-state index contributed by atoms with van der Waals surface area (Å²) in [6, 6.07) is 9.01. The summed E-state index contributed by atoms with van der Waals surface area (Å²) in [7, 11) is 0. The topological polar surface area (TPSA) is 56.0 Å². The second kappa shape index (κ2) is 4.03. The zero-order valence-corrected chi connectivity index (χ0v) is 9.13. The number of pyridine rings is 1. The molecule has 0 aliphatic rings. The van der Waals surface area contributed by atoms with Crippen LogP contribution in [0.15, 0.2) is 40.8 Å². The molecule has 0 saturated heterocycles. The Hall–Kier alpha value is -2.56. The van der Waals surface area contributed by atoms with Gasteiger partial charge in [-0.05, 0) is 36.4 Å². The number of oxazole rings is 1. The number of carbonyl (C=O) groups excluding carboxylic acids is 1. The van der Waals surface area contributed by atoms with E-state index in [1.165, 1.54) is 12.1 Å². The van der Waals surface area contributed by atoms with Crippen LogP contribution in [0.1, 0.15) is 10.5 Å². The van der Waals surface area contributed by atoms with Crippen LogP contribution in [0.25, 0.3) is 22.7 Å². The van der Waals surface area contributed by atoms with E-state index >= 15 is 0 Å². The summed E-state index contributed by atoms with van der Waals surface area (Å²) in [5.41, 5.74) is 1.78. The summed E-state index contributed by atoms with van der Waals surface area (Å²) in [6.07, 6.45) is 0.638. The highest BCUT2D eigenvalue weighted by molar-refractivity contribution is 5.79. The number of aldehydes is 1. The van der Waals surface area contributed by atoms with E-state index in [-0.39, 0.29) is 11.5 Å². The molecule has 88 valence electrons. The highest BCUT2D eigenvalue weighted by Crippen LogP contribution is 2.23. The summed E-state index contributed by atoms with van der Waals surface area (Å²) in [5.74, 6) is 0.0248. The van der Waals surface area contributed by atoms with Crippen molar-refractivity contribution in [3.63, 3.8) is 0 Å². The highest BCUT2D eigenvalue weighted by Gasteiger charge is 2.09. The van der Waals surface area contributed by atoms with E-state index in [1.807, 2.05) is 0 Å². The molecule has 3 aromatic rings. The fourth-order valence-corrected chi connectivity index (χ4v) is 1.61. The van der Waals surface area contributed by atoms with Crippen molar-refractivity contribution in [2.75, 3.05) is 0 Å². The highest BCUT2D eigenvalue weighted by atomic mass is 19.1. The Balaban J connectivity index is 2.12. The van der Waals surface area contributed by atoms with Crippen molar-refractivity contribution in [1.29, 1.82) is 0 Å². The molecule has 0 saturated carbocycles. The smallest absolute Gasteiger partial charge is 0.248 e. The SMILES string of the molecule is O=Cc1ccc2nc(-c3ccc(F)cc3)oc2n1. The van der Waals surface area contributed by atoms with Crippen molar-refractivity contribution in [3.05, 3.63) is 47.9 Å². The molecule has 3 rings (SSSR count). The van der Waals surface area contributed by atoms with Crippen LogP contribution < -0.4 is 0 Å². The van der Waals surface area contributed by atoms with E-state index in [0.717, 1.165) is 0 Å². The molecular weight excluding hydrogens is 235 g/mol. The molecular formula is C13H7FN2O2. The number of rotatable bonds is 2. The molecule has 1 aromatic carbocycles. The van der Waals surface area contributed by atoms with Gasteiger partial charge in [-0.2, -0.15) is 0 Å². The molecule has 0 aliphatic carbocycles. The summed E-state index contributed by atoms with van der Waals surface area (Å²) in [6.45, 7) is 0. The molecule has 4 nitrogen and oxygen atoms in total. The van der Waals surface area contributed by atoms with Crippen LogP contribution in [0.5, 0.6) is 0 Å². The van der Waals surface area contributed by atoms with Gasteiger partial charge in [-0.1, -0.05) is 0 Å². The zero-order valence-electron chi connectivity index (χ0n) is 9.13. The van der Waals surface area contributed by atoms with Crippen molar-refractivity contribution >= 4 is 17.5 Å². The standard InChI is InChI=1S/C13H7FN2O2/c14-9-3-1-8(2-4-9)12-16-11-6-5-10(7-17)15-13(11)18-12/h1-7H. The number of hydrogen-bond acceptors (Lipinski definition) is 4. The maximum Gasteiger partial charge on any atom is 0.248 e. The molecule has 0 aliphatic heterocycles. The number of carbonyl (C=O) groups is 1. The van der Waals surface area contributed by atoms with Crippen LogP contribution in [0.3, 0.4) is 0 Å². The van der Waals surface area contributed by atoms with Crippen molar-refractivity contribution in [2.45, 2.75) is 0 Å². The average Bonchev–Trinajstić information content (AvgIpc) is 2.82. The van der Waals surface area contributed by atoms with Gasteiger partial charge in [0.05, 0.1) is 0 Å². The van der Waals surface area contributed by atoms with Gasteiger partial charge in [-0.3, -0.25) is 4.79 Å². The lowest BCUT2D eigenvalue weighted by Crippen LogP contribution is -1.84. The van der Waals surface area contributed by atoms with Gasteiger partial charge in [-0.25, -0.2) is 14.4 Å². The minimum absolute atomic E-state index is 0.282. The first-order chi connectivity index (χ1) is 8.76. The minimum Gasteiger partial charge on any atom is -0.418 e. The molecule has 0 unspecified atom stereocenters. The number of aromatic nitrogens is 2. The molecule has 0 spiro atoms. The second-order valence-corrected chi connectivity index (χ2v) is 3.70. The van der Waals surface area contributed by atoms with E-state index < -0.39 is 0 Å². The third kappa shape index (κ3) is 1.75. The van der Waals surface area contributed by atoms with Gasteiger partial charge in [0.25, 0.3) is 0 Å². The maximum atomic E-state index is 12.8. The van der Waals surface area contributed by atoms with Crippen LogP contribution in [0.2, 0.25) is 0 Å². The number of nitrogens with zero attached hydrogens (tertiary/aromatic N) is 2. The number of hydrogen-bond donors (Lipinski definition) is 0.